The van der Waals surface area contributed by atoms with E-state index < -0.39 is 12.8 Å². The van der Waals surface area contributed by atoms with Gasteiger partial charge in [-0.3, -0.25) is 4.99 Å². The molecule has 0 unspecified atom stereocenters. The van der Waals surface area contributed by atoms with Gasteiger partial charge in [0.25, 0.3) is 0 Å². The lowest BCUT2D eigenvalue weighted by Crippen LogP contribution is -2.45. The summed E-state index contributed by atoms with van der Waals surface area (Å²) in [6.07, 6.45) is -3.80. The Balaban J connectivity index is 0. The van der Waals surface area contributed by atoms with Crippen molar-refractivity contribution in [1.29, 1.82) is 0 Å². The van der Waals surface area contributed by atoms with Crippen LogP contribution in [0, 0.1) is 0 Å². The van der Waals surface area contributed by atoms with Crippen molar-refractivity contribution in [2.45, 2.75) is 32.0 Å². The molecule has 0 bridgehead atoms. The first-order chi connectivity index (χ1) is 9.20. The number of halogens is 4. The van der Waals surface area contributed by atoms with E-state index in [-0.39, 0.29) is 36.2 Å². The Kier molecular flexibility index (Phi) is 12.4. The molecule has 21 heavy (non-hydrogen) atoms. The monoisotopic (exact) mass is 427 g/mol. The summed E-state index contributed by atoms with van der Waals surface area (Å²) in [5, 5.41) is 6.05. The van der Waals surface area contributed by atoms with Crippen LogP contribution in [0.1, 0.15) is 20.3 Å². The summed E-state index contributed by atoms with van der Waals surface area (Å²) < 4.78 is 45.2. The normalized spacial score (nSPS) is 12.8. The van der Waals surface area contributed by atoms with Gasteiger partial charge in [-0.05, 0) is 20.3 Å². The van der Waals surface area contributed by atoms with E-state index >= 15 is 0 Å². The van der Waals surface area contributed by atoms with Crippen molar-refractivity contribution < 1.29 is 22.6 Å². The molecule has 5 nitrogen and oxygen atoms in total. The van der Waals surface area contributed by atoms with Crippen LogP contribution >= 0.6 is 24.0 Å². The zero-order valence-electron chi connectivity index (χ0n) is 12.8. The van der Waals surface area contributed by atoms with Crippen LogP contribution < -0.4 is 10.6 Å². The highest BCUT2D eigenvalue weighted by molar-refractivity contribution is 14.0. The quantitative estimate of drug-likeness (QED) is 0.270. The van der Waals surface area contributed by atoms with Crippen molar-refractivity contribution in [3.8, 4) is 0 Å². The van der Waals surface area contributed by atoms with Crippen LogP contribution in [0.2, 0.25) is 0 Å². The Morgan fingerprint density at radius 1 is 1.19 bits per heavy atom. The zero-order valence-corrected chi connectivity index (χ0v) is 15.2. The molecule has 0 saturated heterocycles. The summed E-state index contributed by atoms with van der Waals surface area (Å²) >= 11 is 0. The number of nitrogens with one attached hydrogen (secondary N) is 2. The van der Waals surface area contributed by atoms with Crippen LogP contribution in [0.5, 0.6) is 0 Å². The van der Waals surface area contributed by atoms with Crippen molar-refractivity contribution in [2.24, 2.45) is 4.99 Å². The molecule has 0 aliphatic rings. The van der Waals surface area contributed by atoms with Gasteiger partial charge in [0.2, 0.25) is 0 Å². The smallest absolute Gasteiger partial charge is 0.377 e. The van der Waals surface area contributed by atoms with E-state index in [4.69, 9.17) is 4.74 Å². The van der Waals surface area contributed by atoms with Crippen LogP contribution in [-0.2, 0) is 9.47 Å². The average Bonchev–Trinajstić information content (AvgIpc) is 2.35. The Hall–Kier alpha value is -0.290. The number of alkyl halides is 3. The summed E-state index contributed by atoms with van der Waals surface area (Å²) in [4.78, 5) is 4.00. The van der Waals surface area contributed by atoms with Crippen LogP contribution in [0.3, 0.4) is 0 Å². The van der Waals surface area contributed by atoms with E-state index in [9.17, 15) is 13.2 Å². The number of aliphatic imine (C=N–C) groups is 1. The highest BCUT2D eigenvalue weighted by Gasteiger charge is 2.27. The fraction of sp³-hybridized carbons (Fsp3) is 0.917. The predicted octanol–water partition coefficient (Wildman–Crippen LogP) is 2.16. The molecular formula is C12H25F3IN3O2. The first-order valence-electron chi connectivity index (χ1n) is 6.34. The first kappa shape index (κ1) is 23.0. The maximum Gasteiger partial charge on any atom is 0.411 e. The summed E-state index contributed by atoms with van der Waals surface area (Å²) in [5.74, 6) is 0.575. The van der Waals surface area contributed by atoms with Crippen molar-refractivity contribution in [3.63, 3.8) is 0 Å². The van der Waals surface area contributed by atoms with Gasteiger partial charge in [-0.2, -0.15) is 13.2 Å². The number of methoxy groups -OCH3 is 1. The Bertz CT molecular complexity index is 300. The third-order valence-electron chi connectivity index (χ3n) is 2.48. The van der Waals surface area contributed by atoms with Gasteiger partial charge in [-0.1, -0.05) is 0 Å². The van der Waals surface area contributed by atoms with Gasteiger partial charge in [0.1, 0.15) is 6.61 Å². The molecular weight excluding hydrogens is 402 g/mol. The van der Waals surface area contributed by atoms with Crippen LogP contribution in [0.4, 0.5) is 13.2 Å². The van der Waals surface area contributed by atoms with Gasteiger partial charge < -0.3 is 20.1 Å². The molecule has 0 amide bonds. The molecule has 0 aromatic heterocycles. The van der Waals surface area contributed by atoms with Gasteiger partial charge >= 0.3 is 6.18 Å². The number of hydrogen-bond donors (Lipinski definition) is 2. The number of nitrogens with zero attached hydrogens (tertiary/aromatic N) is 1. The number of hydrogen-bond acceptors (Lipinski definition) is 3. The number of ether oxygens (including phenoxy) is 2. The molecule has 0 aromatic carbocycles. The largest absolute Gasteiger partial charge is 0.411 e. The van der Waals surface area contributed by atoms with Crippen molar-refractivity contribution in [1.82, 2.24) is 10.6 Å². The second kappa shape index (κ2) is 11.3. The minimum Gasteiger partial charge on any atom is -0.377 e. The Morgan fingerprint density at radius 3 is 2.29 bits per heavy atom. The average molecular weight is 427 g/mol. The lowest BCUT2D eigenvalue weighted by Gasteiger charge is -2.24. The fourth-order valence-corrected chi connectivity index (χ4v) is 1.16. The summed E-state index contributed by atoms with van der Waals surface area (Å²) in [6, 6.07) is 0. The summed E-state index contributed by atoms with van der Waals surface area (Å²) in [6.45, 7) is 3.74. The molecule has 0 aliphatic carbocycles. The summed E-state index contributed by atoms with van der Waals surface area (Å²) in [5.41, 5.74) is -0.326. The molecule has 0 saturated carbocycles. The van der Waals surface area contributed by atoms with Gasteiger partial charge in [0.15, 0.2) is 5.96 Å². The topological polar surface area (TPSA) is 54.9 Å². The standard InChI is InChI=1S/C12H24F3N3O2.HI/c1-11(2,19-4)8-18-10(16-3)17-6-5-7-20-9-12(13,14)15;/h5-9H2,1-4H3,(H2,16,17,18);1H. The first-order valence-corrected chi connectivity index (χ1v) is 6.34. The van der Waals surface area contributed by atoms with Crippen LogP contribution in [0.15, 0.2) is 4.99 Å². The van der Waals surface area contributed by atoms with Gasteiger partial charge in [-0.15, -0.1) is 24.0 Å². The predicted molar refractivity (Wildman–Crippen MR) is 87.4 cm³/mol. The molecule has 0 atom stereocenters. The van der Waals surface area contributed by atoms with Crippen LogP contribution in [-0.4, -0.2) is 58.2 Å². The third-order valence-corrected chi connectivity index (χ3v) is 2.48. The summed E-state index contributed by atoms with van der Waals surface area (Å²) in [7, 11) is 3.24. The van der Waals surface area contributed by atoms with Crippen LogP contribution in [0.25, 0.3) is 0 Å². The van der Waals surface area contributed by atoms with E-state index in [0.29, 0.717) is 25.5 Å². The minimum atomic E-state index is -4.27. The van der Waals surface area contributed by atoms with E-state index in [1.807, 2.05) is 13.8 Å². The second-order valence-corrected chi connectivity index (χ2v) is 4.84. The maximum atomic E-state index is 11.8. The van der Waals surface area contributed by atoms with Gasteiger partial charge in [0, 0.05) is 33.9 Å². The zero-order chi connectivity index (χ0) is 15.6. The van der Waals surface area contributed by atoms with E-state index in [1.54, 1.807) is 14.2 Å². The Labute approximate surface area is 141 Å². The molecule has 128 valence electrons. The number of rotatable bonds is 8. The van der Waals surface area contributed by atoms with E-state index in [2.05, 4.69) is 20.4 Å². The second-order valence-electron chi connectivity index (χ2n) is 4.84. The SMILES string of the molecule is CN=C(NCCCOCC(F)(F)F)NCC(C)(C)OC.I. The molecule has 0 radical (unpaired) electrons. The molecule has 0 fully saturated rings. The lowest BCUT2D eigenvalue weighted by atomic mass is 10.1. The minimum absolute atomic E-state index is 0. The van der Waals surface area contributed by atoms with Gasteiger partial charge in [-0.25, -0.2) is 0 Å². The lowest BCUT2D eigenvalue weighted by molar-refractivity contribution is -0.173. The highest BCUT2D eigenvalue weighted by atomic mass is 127. The van der Waals surface area contributed by atoms with E-state index in [0.717, 1.165) is 0 Å². The number of guanidine groups is 1. The fourth-order valence-electron chi connectivity index (χ4n) is 1.16. The molecule has 0 spiro atoms. The molecule has 9 heteroatoms. The van der Waals surface area contributed by atoms with Crippen molar-refractivity contribution in [2.75, 3.05) is 40.5 Å². The van der Waals surface area contributed by atoms with Gasteiger partial charge in [0.05, 0.1) is 5.60 Å². The molecule has 0 heterocycles. The maximum absolute atomic E-state index is 11.8. The van der Waals surface area contributed by atoms with Crippen molar-refractivity contribution in [3.05, 3.63) is 0 Å². The molecule has 0 aromatic rings. The molecule has 0 aliphatic heterocycles. The Morgan fingerprint density at radius 2 is 1.81 bits per heavy atom. The van der Waals surface area contributed by atoms with Crippen molar-refractivity contribution >= 4 is 29.9 Å². The molecule has 2 N–H and O–H groups in total. The molecule has 0 rings (SSSR count). The third kappa shape index (κ3) is 14.4. The van der Waals surface area contributed by atoms with E-state index in [1.165, 1.54) is 0 Å². The highest BCUT2D eigenvalue weighted by Crippen LogP contribution is 2.14.